The van der Waals surface area contributed by atoms with Gasteiger partial charge in [0, 0.05) is 16.5 Å². The molecule has 0 fully saturated rings. The number of hydrogen-bond acceptors (Lipinski definition) is 4. The van der Waals surface area contributed by atoms with E-state index in [2.05, 4.69) is 44.8 Å². The number of nitrogens with two attached hydrogens (primary N) is 1. The summed E-state index contributed by atoms with van der Waals surface area (Å²) in [6, 6.07) is 4.24. The minimum Gasteiger partial charge on any atom is -0.496 e. The van der Waals surface area contributed by atoms with Crippen molar-refractivity contribution in [2.45, 2.75) is 33.1 Å². The summed E-state index contributed by atoms with van der Waals surface area (Å²) < 4.78 is 5.51. The SMILES string of the molecule is COc1cc(C)c(-c2csc(N)n2)cc1C(C)(C)C. The molecule has 0 bridgehead atoms. The Kier molecular flexibility index (Phi) is 3.54. The second-order valence-corrected chi connectivity index (χ2v) is 6.58. The first-order valence-electron chi connectivity index (χ1n) is 6.23. The van der Waals surface area contributed by atoms with Gasteiger partial charge in [0.05, 0.1) is 12.8 Å². The summed E-state index contributed by atoms with van der Waals surface area (Å²) in [7, 11) is 1.71. The maximum atomic E-state index is 5.73. The Morgan fingerprint density at radius 2 is 1.95 bits per heavy atom. The van der Waals surface area contributed by atoms with Crippen LogP contribution < -0.4 is 10.5 Å². The van der Waals surface area contributed by atoms with E-state index in [1.807, 2.05) is 5.38 Å². The zero-order valence-electron chi connectivity index (χ0n) is 12.1. The van der Waals surface area contributed by atoms with Crippen molar-refractivity contribution in [3.8, 4) is 17.0 Å². The van der Waals surface area contributed by atoms with Crippen molar-refractivity contribution < 1.29 is 4.74 Å². The number of anilines is 1. The highest BCUT2D eigenvalue weighted by molar-refractivity contribution is 7.13. The van der Waals surface area contributed by atoms with E-state index >= 15 is 0 Å². The maximum Gasteiger partial charge on any atom is 0.180 e. The van der Waals surface area contributed by atoms with Gasteiger partial charge < -0.3 is 10.5 Å². The van der Waals surface area contributed by atoms with Gasteiger partial charge >= 0.3 is 0 Å². The fourth-order valence-electron chi connectivity index (χ4n) is 2.12. The van der Waals surface area contributed by atoms with Gasteiger partial charge in [0.2, 0.25) is 0 Å². The minimum atomic E-state index is 0.0232. The third-order valence-electron chi connectivity index (χ3n) is 3.15. The molecule has 3 nitrogen and oxygen atoms in total. The smallest absolute Gasteiger partial charge is 0.180 e. The number of hydrogen-bond donors (Lipinski definition) is 1. The molecule has 102 valence electrons. The van der Waals surface area contributed by atoms with E-state index in [9.17, 15) is 0 Å². The predicted molar refractivity (Wildman–Crippen MR) is 82.0 cm³/mol. The van der Waals surface area contributed by atoms with E-state index in [0.717, 1.165) is 22.6 Å². The maximum absolute atomic E-state index is 5.73. The van der Waals surface area contributed by atoms with Crippen molar-refractivity contribution >= 4 is 16.5 Å². The molecular weight excluding hydrogens is 256 g/mol. The Labute approximate surface area is 118 Å². The first-order valence-corrected chi connectivity index (χ1v) is 7.11. The third-order valence-corrected chi connectivity index (χ3v) is 3.83. The molecule has 0 radical (unpaired) electrons. The van der Waals surface area contributed by atoms with Gasteiger partial charge in [-0.2, -0.15) is 0 Å². The number of ether oxygens (including phenoxy) is 1. The van der Waals surface area contributed by atoms with E-state index in [0.29, 0.717) is 5.13 Å². The number of thiazole rings is 1. The summed E-state index contributed by atoms with van der Waals surface area (Å²) in [5.74, 6) is 0.928. The highest BCUT2D eigenvalue weighted by atomic mass is 32.1. The van der Waals surface area contributed by atoms with Crippen LogP contribution in [-0.4, -0.2) is 12.1 Å². The first kappa shape index (κ1) is 13.9. The van der Waals surface area contributed by atoms with Crippen LogP contribution >= 0.6 is 11.3 Å². The second-order valence-electron chi connectivity index (χ2n) is 5.69. The Balaban J connectivity index is 2.63. The average Bonchev–Trinajstić information content (AvgIpc) is 2.73. The third kappa shape index (κ3) is 2.73. The normalized spacial score (nSPS) is 11.6. The number of nitrogens with zero attached hydrogens (tertiary/aromatic N) is 1. The molecule has 4 heteroatoms. The molecule has 0 spiro atoms. The molecule has 0 amide bonds. The molecule has 2 aromatic rings. The lowest BCUT2D eigenvalue weighted by molar-refractivity contribution is 0.397. The number of methoxy groups -OCH3 is 1. The highest BCUT2D eigenvalue weighted by Gasteiger charge is 2.21. The molecule has 0 aliphatic rings. The van der Waals surface area contributed by atoms with Crippen molar-refractivity contribution in [3.05, 3.63) is 28.6 Å². The quantitative estimate of drug-likeness (QED) is 0.901. The summed E-state index contributed by atoms with van der Waals surface area (Å²) in [5, 5.41) is 2.60. The van der Waals surface area contributed by atoms with Crippen LogP contribution in [0.5, 0.6) is 5.75 Å². The zero-order valence-corrected chi connectivity index (χ0v) is 12.9. The van der Waals surface area contributed by atoms with Crippen LogP contribution in [0.15, 0.2) is 17.5 Å². The topological polar surface area (TPSA) is 48.1 Å². The predicted octanol–water partition coefficient (Wildman–Crippen LogP) is 4.01. The lowest BCUT2D eigenvalue weighted by atomic mass is 9.84. The number of rotatable bonds is 2. The summed E-state index contributed by atoms with van der Waals surface area (Å²) in [4.78, 5) is 4.38. The molecular formula is C15H20N2OS. The molecule has 2 N–H and O–H groups in total. The van der Waals surface area contributed by atoms with Gasteiger partial charge in [0.1, 0.15) is 5.75 Å². The van der Waals surface area contributed by atoms with Crippen molar-refractivity contribution in [1.29, 1.82) is 0 Å². The fourth-order valence-corrected chi connectivity index (χ4v) is 2.69. The van der Waals surface area contributed by atoms with Crippen LogP contribution in [-0.2, 0) is 5.41 Å². The van der Waals surface area contributed by atoms with Crippen molar-refractivity contribution in [2.24, 2.45) is 0 Å². The van der Waals surface area contributed by atoms with Crippen LogP contribution in [0.4, 0.5) is 5.13 Å². The van der Waals surface area contributed by atoms with E-state index in [4.69, 9.17) is 10.5 Å². The fraction of sp³-hybridized carbons (Fsp3) is 0.400. The molecule has 1 aromatic carbocycles. The van der Waals surface area contributed by atoms with Crippen molar-refractivity contribution in [2.75, 3.05) is 12.8 Å². The van der Waals surface area contributed by atoms with Crippen LogP contribution in [0.25, 0.3) is 11.3 Å². The number of aryl methyl sites for hydroxylation is 1. The van der Waals surface area contributed by atoms with Crippen LogP contribution in [0.2, 0.25) is 0 Å². The molecule has 0 atom stereocenters. The molecule has 0 aliphatic heterocycles. The van der Waals surface area contributed by atoms with Gasteiger partial charge in [-0.05, 0) is 30.0 Å². The molecule has 1 heterocycles. The Bertz CT molecular complexity index is 597. The first-order chi connectivity index (χ1) is 8.82. The zero-order chi connectivity index (χ0) is 14.2. The molecule has 0 aliphatic carbocycles. The molecule has 0 unspecified atom stereocenters. The Morgan fingerprint density at radius 1 is 1.26 bits per heavy atom. The number of aromatic nitrogens is 1. The van der Waals surface area contributed by atoms with Crippen LogP contribution in [0.1, 0.15) is 31.9 Å². The molecule has 19 heavy (non-hydrogen) atoms. The number of nitrogen functional groups attached to an aromatic ring is 1. The van der Waals surface area contributed by atoms with Gasteiger partial charge in [-0.3, -0.25) is 0 Å². The van der Waals surface area contributed by atoms with Gasteiger partial charge in [-0.25, -0.2) is 4.98 Å². The van der Waals surface area contributed by atoms with E-state index < -0.39 is 0 Å². The lowest BCUT2D eigenvalue weighted by Gasteiger charge is -2.23. The van der Waals surface area contributed by atoms with Gasteiger partial charge in [-0.1, -0.05) is 20.8 Å². The summed E-state index contributed by atoms with van der Waals surface area (Å²) in [6.07, 6.45) is 0. The molecule has 1 aromatic heterocycles. The molecule has 0 saturated carbocycles. The minimum absolute atomic E-state index is 0.0232. The Hall–Kier alpha value is -1.55. The van der Waals surface area contributed by atoms with Gasteiger partial charge in [-0.15, -0.1) is 11.3 Å². The van der Waals surface area contributed by atoms with Crippen molar-refractivity contribution in [3.63, 3.8) is 0 Å². The van der Waals surface area contributed by atoms with E-state index in [-0.39, 0.29) is 5.41 Å². The monoisotopic (exact) mass is 276 g/mol. The number of benzene rings is 1. The van der Waals surface area contributed by atoms with Crippen LogP contribution in [0.3, 0.4) is 0 Å². The summed E-state index contributed by atoms with van der Waals surface area (Å²) in [5.41, 5.74) is 10.1. The molecule has 0 saturated heterocycles. The van der Waals surface area contributed by atoms with Crippen LogP contribution in [0, 0.1) is 6.92 Å². The second kappa shape index (κ2) is 4.85. The lowest BCUT2D eigenvalue weighted by Crippen LogP contribution is -2.13. The standard InChI is InChI=1S/C15H20N2OS/c1-9-6-13(18-5)11(15(2,3)4)7-10(9)12-8-19-14(16)17-12/h6-8H,1-5H3,(H2,16,17). The van der Waals surface area contributed by atoms with E-state index in [1.165, 1.54) is 16.9 Å². The molecule has 2 rings (SSSR count). The largest absolute Gasteiger partial charge is 0.496 e. The Morgan fingerprint density at radius 3 is 2.42 bits per heavy atom. The van der Waals surface area contributed by atoms with Crippen molar-refractivity contribution in [1.82, 2.24) is 4.98 Å². The highest BCUT2D eigenvalue weighted by Crippen LogP contribution is 2.37. The average molecular weight is 276 g/mol. The van der Waals surface area contributed by atoms with Gasteiger partial charge in [0.25, 0.3) is 0 Å². The van der Waals surface area contributed by atoms with Gasteiger partial charge in [0.15, 0.2) is 5.13 Å². The summed E-state index contributed by atoms with van der Waals surface area (Å²) >= 11 is 1.47. The van der Waals surface area contributed by atoms with E-state index in [1.54, 1.807) is 7.11 Å². The summed E-state index contributed by atoms with van der Waals surface area (Å²) in [6.45, 7) is 8.61.